The van der Waals surface area contributed by atoms with Crippen molar-refractivity contribution in [3.05, 3.63) is 27.7 Å². The Bertz CT molecular complexity index is 476. The summed E-state index contributed by atoms with van der Waals surface area (Å²) in [6, 6.07) is 3.54. The second-order valence-electron chi connectivity index (χ2n) is 4.58. The highest BCUT2D eigenvalue weighted by Crippen LogP contribution is 2.33. The molecule has 0 amide bonds. The molecule has 0 bridgehead atoms. The third kappa shape index (κ3) is 2.67. The van der Waals surface area contributed by atoms with E-state index in [2.05, 4.69) is 22.0 Å². The maximum absolute atomic E-state index is 10.9. The third-order valence-electron chi connectivity index (χ3n) is 3.26. The van der Waals surface area contributed by atoms with Crippen molar-refractivity contribution in [2.45, 2.75) is 25.9 Å². The van der Waals surface area contributed by atoms with E-state index in [0.29, 0.717) is 13.2 Å². The molecule has 1 heterocycles. The molecule has 1 unspecified atom stereocenters. The monoisotopic (exact) mass is 313 g/mol. The van der Waals surface area contributed by atoms with Crippen molar-refractivity contribution in [2.75, 3.05) is 13.7 Å². The van der Waals surface area contributed by atoms with Crippen molar-refractivity contribution in [1.82, 2.24) is 4.90 Å². The lowest BCUT2D eigenvalue weighted by Gasteiger charge is -2.22. The highest BCUT2D eigenvalue weighted by Gasteiger charge is 2.22. The maximum Gasteiger partial charge on any atom is 0.320 e. The van der Waals surface area contributed by atoms with Crippen molar-refractivity contribution in [3.8, 4) is 5.75 Å². The Morgan fingerprint density at radius 1 is 1.61 bits per heavy atom. The molecule has 2 rings (SSSR count). The molecule has 1 atom stereocenters. The number of carboxylic acids is 1. The Morgan fingerprint density at radius 2 is 2.33 bits per heavy atom. The molecule has 18 heavy (non-hydrogen) atoms. The van der Waals surface area contributed by atoms with Crippen LogP contribution < -0.4 is 4.74 Å². The molecule has 0 aliphatic carbocycles. The highest BCUT2D eigenvalue weighted by molar-refractivity contribution is 9.10. The topological polar surface area (TPSA) is 49.8 Å². The third-order valence-corrected chi connectivity index (χ3v) is 3.72. The Morgan fingerprint density at radius 3 is 3.00 bits per heavy atom. The van der Waals surface area contributed by atoms with Gasteiger partial charge in [0.1, 0.15) is 11.8 Å². The van der Waals surface area contributed by atoms with Gasteiger partial charge in [0.15, 0.2) is 0 Å². The summed E-state index contributed by atoms with van der Waals surface area (Å²) in [4.78, 5) is 12.7. The van der Waals surface area contributed by atoms with Crippen LogP contribution in [0.5, 0.6) is 5.75 Å². The van der Waals surface area contributed by atoms with Crippen molar-refractivity contribution in [2.24, 2.45) is 0 Å². The molecular formula is C13H16BrNO3. The quantitative estimate of drug-likeness (QED) is 0.926. The van der Waals surface area contributed by atoms with Gasteiger partial charge in [-0.2, -0.15) is 0 Å². The van der Waals surface area contributed by atoms with Crippen LogP contribution in [-0.2, 0) is 17.8 Å². The van der Waals surface area contributed by atoms with Gasteiger partial charge in [-0.3, -0.25) is 9.69 Å². The first-order valence-corrected chi connectivity index (χ1v) is 6.65. The molecule has 1 aromatic carbocycles. The lowest BCUT2D eigenvalue weighted by Crippen LogP contribution is -2.35. The fourth-order valence-corrected chi connectivity index (χ4v) is 2.61. The van der Waals surface area contributed by atoms with Gasteiger partial charge < -0.3 is 9.84 Å². The van der Waals surface area contributed by atoms with Gasteiger partial charge in [0, 0.05) is 23.0 Å². The molecule has 1 aliphatic heterocycles. The van der Waals surface area contributed by atoms with Gasteiger partial charge in [-0.05, 0) is 31.7 Å². The number of rotatable bonds is 4. The van der Waals surface area contributed by atoms with Gasteiger partial charge in [0.2, 0.25) is 0 Å². The predicted octanol–water partition coefficient (Wildman–Crippen LogP) is 2.29. The zero-order valence-electron chi connectivity index (χ0n) is 10.4. The average molecular weight is 314 g/mol. The Kier molecular flexibility index (Phi) is 3.92. The summed E-state index contributed by atoms with van der Waals surface area (Å²) in [7, 11) is 1.81. The first kappa shape index (κ1) is 13.4. The molecule has 0 saturated carbocycles. The van der Waals surface area contributed by atoms with Crippen molar-refractivity contribution in [1.29, 1.82) is 0 Å². The number of benzene rings is 1. The standard InChI is InChI=1S/C13H16BrNO3/c1-8(13(16)17)15(2)7-10-6-11(14)5-9-3-4-18-12(9)10/h5-6,8H,3-4,7H2,1-2H3,(H,16,17). The molecular weight excluding hydrogens is 298 g/mol. The van der Waals surface area contributed by atoms with E-state index in [0.717, 1.165) is 22.2 Å². The number of carbonyl (C=O) groups is 1. The highest BCUT2D eigenvalue weighted by atomic mass is 79.9. The van der Waals surface area contributed by atoms with Crippen LogP contribution in [-0.4, -0.2) is 35.7 Å². The zero-order valence-corrected chi connectivity index (χ0v) is 12.0. The number of hydrogen-bond donors (Lipinski definition) is 1. The molecule has 0 aromatic heterocycles. The lowest BCUT2D eigenvalue weighted by atomic mass is 10.1. The van der Waals surface area contributed by atoms with Crippen LogP contribution >= 0.6 is 15.9 Å². The van der Waals surface area contributed by atoms with Crippen molar-refractivity contribution < 1.29 is 14.6 Å². The first-order chi connectivity index (χ1) is 8.49. The Balaban J connectivity index is 2.22. The number of nitrogens with zero attached hydrogens (tertiary/aromatic N) is 1. The number of fused-ring (bicyclic) bond motifs is 1. The maximum atomic E-state index is 10.9. The van der Waals surface area contributed by atoms with Gasteiger partial charge in [-0.15, -0.1) is 0 Å². The second kappa shape index (κ2) is 5.28. The van der Waals surface area contributed by atoms with Crippen LogP contribution in [0.3, 0.4) is 0 Å². The molecule has 4 nitrogen and oxygen atoms in total. The van der Waals surface area contributed by atoms with E-state index in [-0.39, 0.29) is 0 Å². The summed E-state index contributed by atoms with van der Waals surface area (Å²) in [6.45, 7) is 2.95. The summed E-state index contributed by atoms with van der Waals surface area (Å²) in [6.07, 6.45) is 0.917. The number of halogens is 1. The van der Waals surface area contributed by atoms with E-state index >= 15 is 0 Å². The van der Waals surface area contributed by atoms with E-state index in [1.54, 1.807) is 18.9 Å². The molecule has 0 saturated heterocycles. The Hall–Kier alpha value is -1.07. The number of carboxylic acid groups (broad SMARTS) is 1. The largest absolute Gasteiger partial charge is 0.493 e. The van der Waals surface area contributed by atoms with Crippen LogP contribution in [0.4, 0.5) is 0 Å². The van der Waals surface area contributed by atoms with Gasteiger partial charge in [0.05, 0.1) is 6.61 Å². The van der Waals surface area contributed by atoms with Crippen molar-refractivity contribution >= 4 is 21.9 Å². The summed E-state index contributed by atoms with van der Waals surface area (Å²) in [5.41, 5.74) is 2.23. The lowest BCUT2D eigenvalue weighted by molar-refractivity contribution is -0.142. The number of likely N-dealkylation sites (N-methyl/N-ethyl adjacent to an activating group) is 1. The van der Waals surface area contributed by atoms with Gasteiger partial charge in [0.25, 0.3) is 0 Å². The van der Waals surface area contributed by atoms with E-state index in [9.17, 15) is 4.79 Å². The molecule has 1 aromatic rings. The van der Waals surface area contributed by atoms with E-state index in [4.69, 9.17) is 9.84 Å². The van der Waals surface area contributed by atoms with Crippen LogP contribution in [0.1, 0.15) is 18.1 Å². The summed E-state index contributed by atoms with van der Waals surface area (Å²) in [5, 5.41) is 9.00. The smallest absolute Gasteiger partial charge is 0.320 e. The van der Waals surface area contributed by atoms with Crippen LogP contribution in [0.25, 0.3) is 0 Å². The molecule has 0 spiro atoms. The molecule has 1 N–H and O–H groups in total. The number of ether oxygens (including phenoxy) is 1. The fraction of sp³-hybridized carbons (Fsp3) is 0.462. The zero-order chi connectivity index (χ0) is 13.3. The van der Waals surface area contributed by atoms with Gasteiger partial charge >= 0.3 is 5.97 Å². The SMILES string of the molecule is CC(C(=O)O)N(C)Cc1cc(Br)cc2c1OCC2. The molecule has 0 fully saturated rings. The van der Waals surface area contributed by atoms with Gasteiger partial charge in [-0.1, -0.05) is 15.9 Å². The molecule has 0 radical (unpaired) electrons. The fourth-order valence-electron chi connectivity index (χ4n) is 2.06. The average Bonchev–Trinajstić information content (AvgIpc) is 2.75. The minimum Gasteiger partial charge on any atom is -0.493 e. The predicted molar refractivity (Wildman–Crippen MR) is 71.9 cm³/mol. The van der Waals surface area contributed by atoms with Crippen LogP contribution in [0, 0.1) is 0 Å². The normalized spacial score (nSPS) is 15.3. The molecule has 1 aliphatic rings. The Labute approximate surface area is 115 Å². The van der Waals surface area contributed by atoms with Crippen LogP contribution in [0.2, 0.25) is 0 Å². The first-order valence-electron chi connectivity index (χ1n) is 5.86. The van der Waals surface area contributed by atoms with Gasteiger partial charge in [-0.25, -0.2) is 0 Å². The number of aliphatic carboxylic acids is 1. The minimum atomic E-state index is -0.815. The van der Waals surface area contributed by atoms with E-state index in [1.807, 2.05) is 6.07 Å². The van der Waals surface area contributed by atoms with Crippen molar-refractivity contribution in [3.63, 3.8) is 0 Å². The summed E-state index contributed by atoms with van der Waals surface area (Å²) in [5.74, 6) is 0.104. The number of hydrogen-bond acceptors (Lipinski definition) is 3. The van der Waals surface area contributed by atoms with Crippen LogP contribution in [0.15, 0.2) is 16.6 Å². The summed E-state index contributed by atoms with van der Waals surface area (Å²) >= 11 is 3.48. The molecule has 5 heteroatoms. The molecule has 98 valence electrons. The second-order valence-corrected chi connectivity index (χ2v) is 5.50. The summed E-state index contributed by atoms with van der Waals surface area (Å²) < 4.78 is 6.64. The van der Waals surface area contributed by atoms with E-state index in [1.165, 1.54) is 5.56 Å². The minimum absolute atomic E-state index is 0.513. The van der Waals surface area contributed by atoms with E-state index < -0.39 is 12.0 Å².